The number of aromatic amines is 1. The zero-order valence-corrected chi connectivity index (χ0v) is 41.5. The normalized spacial score (nSPS) is 14.2. The maximum Gasteiger partial charge on any atom is 0.326 e. The number of rotatable bonds is 38. The lowest BCUT2D eigenvalue weighted by Gasteiger charge is -2.28. The maximum absolute atomic E-state index is 14.5. The quantitative estimate of drug-likeness (QED) is 0.0204. The van der Waals surface area contributed by atoms with Crippen LogP contribution in [0.1, 0.15) is 102 Å². The summed E-state index contributed by atoms with van der Waals surface area (Å²) in [6, 6.07) is -0.755. The van der Waals surface area contributed by atoms with Crippen LogP contribution in [0.4, 0.5) is 0 Å². The predicted molar refractivity (Wildman–Crippen MR) is 274 cm³/mol. The molecule has 0 unspecified atom stereocenters. The number of fused-ring (bicyclic) bond motifs is 1. The van der Waals surface area contributed by atoms with Gasteiger partial charge in [0.25, 0.3) is 0 Å². The Kier molecular flexibility index (Phi) is 30.0. The molecule has 0 aliphatic heterocycles. The van der Waals surface area contributed by atoms with Gasteiger partial charge in [-0.05, 0) is 140 Å². The van der Waals surface area contributed by atoms with E-state index in [1.54, 1.807) is 6.20 Å². The third-order valence-electron chi connectivity index (χ3n) is 11.6. The second-order valence-corrected chi connectivity index (χ2v) is 18.2. The van der Waals surface area contributed by atoms with Crippen molar-refractivity contribution in [2.24, 2.45) is 45.1 Å². The number of hydrogen-bond acceptors (Lipinski definition) is 14. The van der Waals surface area contributed by atoms with Crippen LogP contribution in [-0.2, 0) is 40.0 Å². The number of thioether (sulfide) groups is 1. The van der Waals surface area contributed by atoms with Gasteiger partial charge in [0, 0.05) is 30.1 Å². The third-order valence-corrected chi connectivity index (χ3v) is 12.2. The highest BCUT2D eigenvalue weighted by atomic mass is 32.2. The summed E-state index contributed by atoms with van der Waals surface area (Å²) in [7, 11) is 0. The molecule has 1 aromatic heterocycles. The van der Waals surface area contributed by atoms with Gasteiger partial charge in [-0.25, -0.2) is 4.79 Å². The minimum atomic E-state index is -1.30. The Hall–Kier alpha value is -5.53. The zero-order chi connectivity index (χ0) is 51.8. The first kappa shape index (κ1) is 60.6. The second-order valence-electron chi connectivity index (χ2n) is 17.2. The largest absolute Gasteiger partial charge is 0.480 e. The number of nitrogens with zero attached hydrogens (tertiary/aromatic N) is 1. The Labute approximate surface area is 415 Å². The SMILES string of the molecule is CSCC[C@H](NC(=O)[C@H](CCCN=C(N)N)NC(=O)[C@@H](N)CCCCN)C(=O)N[C@@H](CCCCN)C(=O)N[C@@H](Cc1c[nH]c2ccccc12)C(=O)N[C@@H](CCCCN)C(=O)N[C@@H](CCCCN)C(=O)O. The molecule has 0 spiro atoms. The fourth-order valence-corrected chi connectivity index (χ4v) is 8.03. The number of aromatic nitrogens is 1. The fraction of sp³-hybridized carbons (Fsp3) is 0.652. The Morgan fingerprint density at radius 1 is 0.571 bits per heavy atom. The number of carboxylic acids is 1. The summed E-state index contributed by atoms with van der Waals surface area (Å²) in [5, 5.41) is 27.1. The number of aliphatic carboxylic acids is 1. The number of hydrogen-bond donors (Lipinski definition) is 15. The number of amides is 6. The van der Waals surface area contributed by atoms with E-state index in [0.717, 1.165) is 10.9 Å². The Morgan fingerprint density at radius 3 is 1.47 bits per heavy atom. The van der Waals surface area contributed by atoms with Crippen molar-refractivity contribution in [3.8, 4) is 0 Å². The number of nitrogens with one attached hydrogen (secondary N) is 7. The van der Waals surface area contributed by atoms with Gasteiger partial charge in [0.2, 0.25) is 35.4 Å². The average Bonchev–Trinajstić information content (AvgIpc) is 3.74. The van der Waals surface area contributed by atoms with Crippen LogP contribution in [0.15, 0.2) is 35.5 Å². The van der Waals surface area contributed by atoms with Crippen molar-refractivity contribution >= 4 is 70.0 Å². The van der Waals surface area contributed by atoms with E-state index in [2.05, 4.69) is 41.9 Å². The topological polar surface area (TPSA) is 422 Å². The van der Waals surface area contributed by atoms with E-state index in [-0.39, 0.29) is 51.0 Å². The van der Waals surface area contributed by atoms with Crippen LogP contribution in [0.2, 0.25) is 0 Å². The van der Waals surface area contributed by atoms with E-state index in [9.17, 15) is 38.7 Å². The van der Waals surface area contributed by atoms with Gasteiger partial charge in [-0.3, -0.25) is 33.8 Å². The van der Waals surface area contributed by atoms with Crippen LogP contribution in [0.5, 0.6) is 0 Å². The van der Waals surface area contributed by atoms with E-state index in [1.807, 2.05) is 30.5 Å². The van der Waals surface area contributed by atoms with Crippen molar-refractivity contribution in [2.45, 2.75) is 145 Å². The molecule has 70 heavy (non-hydrogen) atoms. The van der Waals surface area contributed by atoms with Crippen molar-refractivity contribution < 1.29 is 38.7 Å². The number of unbranched alkanes of at least 4 members (excludes halogenated alkanes) is 4. The lowest BCUT2D eigenvalue weighted by atomic mass is 10.0. The number of carbonyl (C=O) groups excluding carboxylic acids is 6. The molecule has 0 fully saturated rings. The van der Waals surface area contributed by atoms with Gasteiger partial charge in [-0.2, -0.15) is 11.8 Å². The second kappa shape index (κ2) is 34.7. The summed E-state index contributed by atoms with van der Waals surface area (Å²) in [6.45, 7) is 1.58. The molecule has 1 aromatic carbocycles. The molecular formula is C46H81N15O8S. The number of para-hydroxylation sites is 1. The first-order valence-corrected chi connectivity index (χ1v) is 25.7. The Balaban J connectivity index is 2.49. The van der Waals surface area contributed by atoms with E-state index >= 15 is 0 Å². The number of carboxylic acid groups (broad SMARTS) is 1. The van der Waals surface area contributed by atoms with E-state index in [4.69, 9.17) is 40.1 Å². The molecule has 0 bridgehead atoms. The molecular weight excluding hydrogens is 923 g/mol. The molecule has 0 saturated heterocycles. The molecule has 2 aromatic rings. The first-order valence-electron chi connectivity index (χ1n) is 24.3. The minimum absolute atomic E-state index is 0.0432. The van der Waals surface area contributed by atoms with Crippen molar-refractivity contribution in [1.82, 2.24) is 36.9 Å². The molecule has 0 saturated carbocycles. The number of carbonyl (C=O) groups is 7. The van der Waals surface area contributed by atoms with Crippen LogP contribution in [-0.4, -0.2) is 144 Å². The molecule has 0 aliphatic carbocycles. The fourth-order valence-electron chi connectivity index (χ4n) is 7.56. The molecule has 6 amide bonds. The first-order chi connectivity index (χ1) is 33.6. The van der Waals surface area contributed by atoms with Crippen LogP contribution < -0.4 is 72.0 Å². The van der Waals surface area contributed by atoms with Crippen LogP contribution in [0.25, 0.3) is 10.9 Å². The monoisotopic (exact) mass is 1000 g/mol. The van der Waals surface area contributed by atoms with E-state index in [0.29, 0.717) is 102 Å². The Bertz CT molecular complexity index is 1950. The van der Waals surface area contributed by atoms with Crippen LogP contribution >= 0.6 is 11.8 Å². The highest BCUT2D eigenvalue weighted by molar-refractivity contribution is 7.98. The molecule has 0 radical (unpaired) electrons. The van der Waals surface area contributed by atoms with E-state index < -0.39 is 83.7 Å². The lowest BCUT2D eigenvalue weighted by molar-refractivity contribution is -0.142. The van der Waals surface area contributed by atoms with Crippen LogP contribution in [0.3, 0.4) is 0 Å². The molecule has 24 heteroatoms. The average molecular weight is 1000 g/mol. The maximum atomic E-state index is 14.5. The van der Waals surface area contributed by atoms with Crippen molar-refractivity contribution in [2.75, 3.05) is 44.7 Å². The molecule has 7 atom stereocenters. The van der Waals surface area contributed by atoms with Gasteiger partial charge >= 0.3 is 5.97 Å². The zero-order valence-electron chi connectivity index (χ0n) is 40.7. The van der Waals surface area contributed by atoms with Gasteiger partial charge in [0.05, 0.1) is 6.04 Å². The number of nitrogens with two attached hydrogens (primary N) is 7. The summed E-state index contributed by atoms with van der Waals surface area (Å²) in [5.74, 6) is -5.01. The van der Waals surface area contributed by atoms with Crippen LogP contribution in [0, 0.1) is 0 Å². The van der Waals surface area contributed by atoms with E-state index in [1.165, 1.54) is 11.8 Å². The predicted octanol–water partition coefficient (Wildman–Crippen LogP) is -1.65. The standard InChI is InChI=1S/C46H81N15O8S/c1-70-26-20-36(59-40(63)35(19-12-25-54-46(52)53)56-39(62)31(51)14-4-8-21-47)43(66)57-34(17-6-10-23-49)42(65)61-38(27-29-28-55-32-15-3-2-13-30(29)32)44(67)58-33(16-5-9-22-48)41(64)60-37(45(68)69)18-7-11-24-50/h2-3,13,15,28,31,33-38,55H,4-12,14,16-27,47-51H2,1H3,(H,56,62)(H,57,66)(H,58,67)(H,59,63)(H,60,64)(H,61,65)(H,68,69)(H4,52,53,54)/t31-,33-,34-,35-,36-,37-,38-/m0/s1. The summed E-state index contributed by atoms with van der Waals surface area (Å²) in [5.41, 5.74) is 41.3. The van der Waals surface area contributed by atoms with Gasteiger partial charge in [0.15, 0.2) is 5.96 Å². The number of guanidine groups is 1. The van der Waals surface area contributed by atoms with Gasteiger partial charge in [0.1, 0.15) is 36.3 Å². The van der Waals surface area contributed by atoms with Crippen molar-refractivity contribution in [3.63, 3.8) is 0 Å². The highest BCUT2D eigenvalue weighted by Gasteiger charge is 2.34. The number of benzene rings is 1. The Morgan fingerprint density at radius 2 is 0.986 bits per heavy atom. The summed E-state index contributed by atoms with van der Waals surface area (Å²) >= 11 is 1.43. The van der Waals surface area contributed by atoms with Gasteiger partial charge in [-0.15, -0.1) is 0 Å². The molecule has 23 nitrogen and oxygen atoms in total. The summed E-state index contributed by atoms with van der Waals surface area (Å²) in [4.78, 5) is 103. The van der Waals surface area contributed by atoms with Gasteiger partial charge < -0.3 is 82.1 Å². The molecule has 1 heterocycles. The minimum Gasteiger partial charge on any atom is -0.480 e. The smallest absolute Gasteiger partial charge is 0.326 e. The highest BCUT2D eigenvalue weighted by Crippen LogP contribution is 2.20. The third kappa shape index (κ3) is 22.9. The van der Waals surface area contributed by atoms with Crippen molar-refractivity contribution in [3.05, 3.63) is 36.0 Å². The molecule has 0 aliphatic rings. The number of H-pyrrole nitrogens is 1. The number of aliphatic imine (C=N–C) groups is 1. The molecule has 22 N–H and O–H groups in total. The molecule has 394 valence electrons. The lowest BCUT2D eigenvalue weighted by Crippen LogP contribution is -2.60. The van der Waals surface area contributed by atoms with Crippen molar-refractivity contribution in [1.29, 1.82) is 0 Å². The van der Waals surface area contributed by atoms with Gasteiger partial charge in [-0.1, -0.05) is 24.6 Å². The molecule has 2 rings (SSSR count). The summed E-state index contributed by atoms with van der Waals surface area (Å²) < 4.78 is 0. The summed E-state index contributed by atoms with van der Waals surface area (Å²) in [6.07, 6.45) is 8.91.